The molecule has 28 heavy (non-hydrogen) atoms. The van der Waals surface area contributed by atoms with Crippen molar-refractivity contribution < 1.29 is 13.9 Å². The highest BCUT2D eigenvalue weighted by Crippen LogP contribution is 2.24. The second kappa shape index (κ2) is 8.44. The Hall–Kier alpha value is -2.86. The number of aromatic nitrogens is 2. The number of nitrogens with one attached hydrogen (secondary N) is 1. The van der Waals surface area contributed by atoms with Crippen molar-refractivity contribution in [2.24, 2.45) is 0 Å². The van der Waals surface area contributed by atoms with Gasteiger partial charge in [-0.1, -0.05) is 17.7 Å². The Balaban J connectivity index is 1.78. The minimum atomic E-state index is -0.384. The highest BCUT2D eigenvalue weighted by molar-refractivity contribution is 6.31. The van der Waals surface area contributed by atoms with Gasteiger partial charge in [-0.25, -0.2) is 4.39 Å². The summed E-state index contributed by atoms with van der Waals surface area (Å²) in [5.74, 6) is 0.106. The van der Waals surface area contributed by atoms with Gasteiger partial charge in [0.25, 0.3) is 5.91 Å². The molecule has 0 fully saturated rings. The SMILES string of the molecule is CCOc1ccc(C(=O)Nc2c(C)nn(Cc3ccc(F)cc3Cl)c2C)cc1. The molecule has 3 aromatic rings. The van der Waals surface area contributed by atoms with E-state index in [-0.39, 0.29) is 11.7 Å². The number of nitrogens with zero attached hydrogens (tertiary/aromatic N) is 2. The molecule has 1 amide bonds. The zero-order valence-corrected chi connectivity index (χ0v) is 16.7. The van der Waals surface area contributed by atoms with Crippen molar-refractivity contribution in [2.75, 3.05) is 11.9 Å². The highest BCUT2D eigenvalue weighted by Gasteiger charge is 2.16. The summed E-state index contributed by atoms with van der Waals surface area (Å²) < 4.78 is 20.4. The van der Waals surface area contributed by atoms with E-state index in [1.165, 1.54) is 12.1 Å². The number of rotatable bonds is 6. The topological polar surface area (TPSA) is 56.1 Å². The first-order valence-electron chi connectivity index (χ1n) is 8.91. The Labute approximate surface area is 168 Å². The van der Waals surface area contributed by atoms with Crippen LogP contribution in [0.5, 0.6) is 5.75 Å². The summed E-state index contributed by atoms with van der Waals surface area (Å²) in [6.07, 6.45) is 0. The molecule has 0 aliphatic carbocycles. The molecular formula is C21H21ClFN3O2. The first-order chi connectivity index (χ1) is 13.4. The maximum atomic E-state index is 13.2. The molecule has 0 saturated carbocycles. The zero-order chi connectivity index (χ0) is 20.3. The average Bonchev–Trinajstić information content (AvgIpc) is 2.92. The molecule has 1 N–H and O–H groups in total. The van der Waals surface area contributed by atoms with Crippen LogP contribution in [0, 0.1) is 19.7 Å². The van der Waals surface area contributed by atoms with Crippen LogP contribution in [0.1, 0.15) is 34.2 Å². The molecule has 5 nitrogen and oxygen atoms in total. The Morgan fingerprint density at radius 2 is 1.93 bits per heavy atom. The van der Waals surface area contributed by atoms with Gasteiger partial charge in [-0.3, -0.25) is 9.48 Å². The predicted octanol–water partition coefficient (Wildman–Crippen LogP) is 4.99. The van der Waals surface area contributed by atoms with Crippen LogP contribution in [0.15, 0.2) is 42.5 Å². The Bertz CT molecular complexity index is 1000. The predicted molar refractivity (Wildman–Crippen MR) is 108 cm³/mol. The number of hydrogen-bond acceptors (Lipinski definition) is 3. The van der Waals surface area contributed by atoms with Crippen LogP contribution in [0.2, 0.25) is 5.02 Å². The summed E-state index contributed by atoms with van der Waals surface area (Å²) >= 11 is 6.12. The number of benzene rings is 2. The third-order valence-corrected chi connectivity index (χ3v) is 4.73. The third-order valence-electron chi connectivity index (χ3n) is 4.38. The van der Waals surface area contributed by atoms with Crippen LogP contribution in [0.25, 0.3) is 0 Å². The summed E-state index contributed by atoms with van der Waals surface area (Å²) in [5, 5.41) is 7.74. The fraction of sp³-hybridized carbons (Fsp3) is 0.238. The van der Waals surface area contributed by atoms with Crippen molar-refractivity contribution in [3.63, 3.8) is 0 Å². The lowest BCUT2D eigenvalue weighted by molar-refractivity contribution is 0.102. The van der Waals surface area contributed by atoms with Gasteiger partial charge < -0.3 is 10.1 Å². The maximum absolute atomic E-state index is 13.2. The van der Waals surface area contributed by atoms with E-state index in [1.807, 2.05) is 20.8 Å². The fourth-order valence-corrected chi connectivity index (χ4v) is 3.12. The van der Waals surface area contributed by atoms with Gasteiger partial charge in [0.2, 0.25) is 0 Å². The standard InChI is InChI=1S/C21H21ClFN3O2/c1-4-28-18-9-6-15(7-10-18)21(27)24-20-13(2)25-26(14(20)3)12-16-5-8-17(23)11-19(16)22/h5-11H,4,12H2,1-3H3,(H,24,27). The molecule has 146 valence electrons. The number of hydrogen-bond donors (Lipinski definition) is 1. The molecule has 7 heteroatoms. The molecular weight excluding hydrogens is 381 g/mol. The zero-order valence-electron chi connectivity index (χ0n) is 15.9. The van der Waals surface area contributed by atoms with Gasteiger partial charge in [-0.2, -0.15) is 5.10 Å². The Morgan fingerprint density at radius 1 is 1.21 bits per heavy atom. The van der Waals surface area contributed by atoms with E-state index in [2.05, 4.69) is 10.4 Å². The molecule has 0 spiro atoms. The molecule has 0 aliphatic heterocycles. The van der Waals surface area contributed by atoms with Gasteiger partial charge in [-0.05, 0) is 62.7 Å². The monoisotopic (exact) mass is 401 g/mol. The first-order valence-corrected chi connectivity index (χ1v) is 9.29. The summed E-state index contributed by atoms with van der Waals surface area (Å²) in [4.78, 5) is 12.6. The fourth-order valence-electron chi connectivity index (χ4n) is 2.90. The molecule has 0 unspecified atom stereocenters. The summed E-state index contributed by atoms with van der Waals surface area (Å²) in [5.41, 5.74) is 3.40. The highest BCUT2D eigenvalue weighted by atomic mass is 35.5. The van der Waals surface area contributed by atoms with Crippen molar-refractivity contribution >= 4 is 23.2 Å². The van der Waals surface area contributed by atoms with E-state index in [0.29, 0.717) is 35.1 Å². The van der Waals surface area contributed by atoms with E-state index >= 15 is 0 Å². The number of aryl methyl sites for hydroxylation is 1. The van der Waals surface area contributed by atoms with Gasteiger partial charge in [0.05, 0.1) is 30.2 Å². The minimum Gasteiger partial charge on any atom is -0.494 e. The maximum Gasteiger partial charge on any atom is 0.255 e. The summed E-state index contributed by atoms with van der Waals surface area (Å²) in [6, 6.07) is 11.2. The molecule has 3 rings (SSSR count). The van der Waals surface area contributed by atoms with E-state index < -0.39 is 0 Å². The second-order valence-electron chi connectivity index (χ2n) is 6.35. The van der Waals surface area contributed by atoms with Gasteiger partial charge in [0.15, 0.2) is 0 Å². The lowest BCUT2D eigenvalue weighted by atomic mass is 10.2. The normalized spacial score (nSPS) is 10.8. The lowest BCUT2D eigenvalue weighted by Gasteiger charge is -2.09. The molecule has 0 bridgehead atoms. The van der Waals surface area contributed by atoms with Crippen LogP contribution in [-0.2, 0) is 6.54 Å². The molecule has 0 radical (unpaired) electrons. The van der Waals surface area contributed by atoms with Crippen molar-refractivity contribution in [1.82, 2.24) is 9.78 Å². The van der Waals surface area contributed by atoms with E-state index in [0.717, 1.165) is 17.0 Å². The smallest absolute Gasteiger partial charge is 0.255 e. The molecule has 0 saturated heterocycles. The van der Waals surface area contributed by atoms with Gasteiger partial charge in [0.1, 0.15) is 11.6 Å². The van der Waals surface area contributed by atoms with E-state index in [4.69, 9.17) is 16.3 Å². The number of anilines is 1. The van der Waals surface area contributed by atoms with Crippen LogP contribution in [-0.4, -0.2) is 22.3 Å². The number of ether oxygens (including phenoxy) is 1. The van der Waals surface area contributed by atoms with Gasteiger partial charge in [-0.15, -0.1) is 0 Å². The lowest BCUT2D eigenvalue weighted by Crippen LogP contribution is -2.13. The van der Waals surface area contributed by atoms with Crippen molar-refractivity contribution in [2.45, 2.75) is 27.3 Å². The largest absolute Gasteiger partial charge is 0.494 e. The van der Waals surface area contributed by atoms with Crippen molar-refractivity contribution in [1.29, 1.82) is 0 Å². The van der Waals surface area contributed by atoms with Crippen LogP contribution >= 0.6 is 11.6 Å². The minimum absolute atomic E-state index is 0.228. The van der Waals surface area contributed by atoms with E-state index in [9.17, 15) is 9.18 Å². The van der Waals surface area contributed by atoms with Gasteiger partial charge in [0, 0.05) is 10.6 Å². The average molecular weight is 402 g/mol. The number of carbonyl (C=O) groups excluding carboxylic acids is 1. The van der Waals surface area contributed by atoms with Crippen LogP contribution < -0.4 is 10.1 Å². The van der Waals surface area contributed by atoms with Crippen molar-refractivity contribution in [3.05, 3.63) is 75.8 Å². The van der Waals surface area contributed by atoms with Crippen LogP contribution in [0.4, 0.5) is 10.1 Å². The third kappa shape index (κ3) is 4.34. The summed E-state index contributed by atoms with van der Waals surface area (Å²) in [7, 11) is 0. The Morgan fingerprint density at radius 3 is 2.57 bits per heavy atom. The molecule has 0 atom stereocenters. The second-order valence-corrected chi connectivity index (χ2v) is 6.76. The quantitative estimate of drug-likeness (QED) is 0.633. The molecule has 0 aliphatic rings. The molecule has 1 heterocycles. The van der Waals surface area contributed by atoms with E-state index in [1.54, 1.807) is 35.0 Å². The first kappa shape index (κ1) is 19.9. The van der Waals surface area contributed by atoms with Crippen LogP contribution in [0.3, 0.4) is 0 Å². The number of carbonyl (C=O) groups is 1. The van der Waals surface area contributed by atoms with Crippen molar-refractivity contribution in [3.8, 4) is 5.75 Å². The Kier molecular flexibility index (Phi) is 5.99. The molecule has 2 aromatic carbocycles. The van der Waals surface area contributed by atoms with Gasteiger partial charge >= 0.3 is 0 Å². The number of halogens is 2. The number of amides is 1. The summed E-state index contributed by atoms with van der Waals surface area (Å²) in [6.45, 7) is 6.55. The molecule has 1 aromatic heterocycles.